The van der Waals surface area contributed by atoms with Crippen LogP contribution in [0.15, 0.2) is 36.4 Å². The number of aromatic nitrogens is 1. The maximum Gasteiger partial charge on any atom is 0.268 e. The maximum absolute atomic E-state index is 12.9. The number of nitrogens with one attached hydrogen (secondary N) is 3. The Kier molecular flexibility index (Phi) is 6.98. The van der Waals surface area contributed by atoms with Crippen LogP contribution < -0.4 is 10.6 Å². The van der Waals surface area contributed by atoms with Crippen LogP contribution in [0.4, 0.5) is 0 Å². The Labute approximate surface area is 188 Å². The number of likely N-dealkylation sites (tertiary alicyclic amines) is 1. The Morgan fingerprint density at radius 3 is 2.52 bits per heavy atom. The number of benzene rings is 1. The van der Waals surface area contributed by atoms with Gasteiger partial charge in [0.2, 0.25) is 5.91 Å². The van der Waals surface area contributed by atoms with E-state index in [2.05, 4.69) is 27.6 Å². The number of fused-ring (bicyclic) bond motifs is 1. The van der Waals surface area contributed by atoms with Gasteiger partial charge in [0.15, 0.2) is 0 Å². The molecular weight excluding hydrogens is 412 g/mol. The Bertz CT molecular complexity index is 962. The topological polar surface area (TPSA) is 77.2 Å². The van der Waals surface area contributed by atoms with Gasteiger partial charge in [-0.1, -0.05) is 30.5 Å². The number of rotatable bonds is 5. The number of amides is 2. The van der Waals surface area contributed by atoms with Crippen LogP contribution in [0.2, 0.25) is 5.02 Å². The van der Waals surface area contributed by atoms with Gasteiger partial charge in [-0.05, 0) is 82.1 Å². The zero-order valence-electron chi connectivity index (χ0n) is 18.0. The van der Waals surface area contributed by atoms with Crippen molar-refractivity contribution in [2.45, 2.75) is 50.6 Å². The van der Waals surface area contributed by atoms with Gasteiger partial charge in [-0.3, -0.25) is 9.59 Å². The van der Waals surface area contributed by atoms with E-state index < -0.39 is 0 Å². The lowest BCUT2D eigenvalue weighted by molar-refractivity contribution is -0.117. The van der Waals surface area contributed by atoms with Gasteiger partial charge < -0.3 is 20.5 Å². The molecule has 6 nitrogen and oxygen atoms in total. The predicted octanol–water partition coefficient (Wildman–Crippen LogP) is 3.88. The number of aromatic amines is 1. The molecule has 2 heterocycles. The van der Waals surface area contributed by atoms with Gasteiger partial charge in [0.05, 0.1) is 0 Å². The van der Waals surface area contributed by atoms with Crippen LogP contribution in [0.1, 0.15) is 49.0 Å². The molecule has 4 rings (SSSR count). The number of hydrogen-bond acceptors (Lipinski definition) is 3. The van der Waals surface area contributed by atoms with E-state index >= 15 is 0 Å². The SMILES string of the molecule is CN1CCC(/C=C/C(=O)N[C@@H]2CCCC[C@@H]2NC(=O)c2cc3cc(Cl)ccc3[nH]2)CC1. The average Bonchev–Trinajstić information content (AvgIpc) is 3.18. The number of nitrogens with zero attached hydrogens (tertiary/aromatic N) is 1. The lowest BCUT2D eigenvalue weighted by Crippen LogP contribution is -2.53. The van der Waals surface area contributed by atoms with Crippen LogP contribution in [-0.2, 0) is 4.79 Å². The minimum absolute atomic E-state index is 0.0499. The molecule has 1 saturated carbocycles. The highest BCUT2D eigenvalue weighted by molar-refractivity contribution is 6.31. The lowest BCUT2D eigenvalue weighted by atomic mass is 9.90. The van der Waals surface area contributed by atoms with Crippen molar-refractivity contribution in [2.24, 2.45) is 5.92 Å². The number of piperidine rings is 1. The first kappa shape index (κ1) is 21.9. The predicted molar refractivity (Wildman–Crippen MR) is 124 cm³/mol. The average molecular weight is 443 g/mol. The molecule has 2 aromatic rings. The van der Waals surface area contributed by atoms with E-state index in [1.54, 1.807) is 12.1 Å². The van der Waals surface area contributed by atoms with Crippen molar-refractivity contribution in [3.8, 4) is 0 Å². The number of H-pyrrole nitrogens is 1. The summed E-state index contributed by atoms with van der Waals surface area (Å²) in [5.74, 6) is 0.255. The summed E-state index contributed by atoms with van der Waals surface area (Å²) in [4.78, 5) is 30.9. The Morgan fingerprint density at radius 2 is 1.77 bits per heavy atom. The van der Waals surface area contributed by atoms with Gasteiger partial charge in [0.25, 0.3) is 5.91 Å². The van der Waals surface area contributed by atoms with Gasteiger partial charge in [-0.25, -0.2) is 0 Å². The second-order valence-corrected chi connectivity index (χ2v) is 9.33. The molecule has 3 N–H and O–H groups in total. The molecule has 166 valence electrons. The number of carbonyl (C=O) groups excluding carboxylic acids is 2. The Balaban J connectivity index is 1.35. The summed E-state index contributed by atoms with van der Waals surface area (Å²) in [6, 6.07) is 7.20. The van der Waals surface area contributed by atoms with Gasteiger partial charge in [-0.2, -0.15) is 0 Å². The molecule has 2 aliphatic rings. The number of carbonyl (C=O) groups is 2. The molecule has 1 aliphatic heterocycles. The van der Waals surface area contributed by atoms with Crippen molar-refractivity contribution in [3.63, 3.8) is 0 Å². The van der Waals surface area contributed by atoms with Gasteiger partial charge in [0.1, 0.15) is 5.69 Å². The Hall–Kier alpha value is -2.31. The standard InChI is InChI=1S/C24H31ClN4O2/c1-29-12-10-16(11-13-29)6-9-23(30)27-20-4-2-3-5-21(20)28-24(31)22-15-17-14-18(25)7-8-19(17)26-22/h6-9,14-16,20-21,26H,2-5,10-13H2,1H3,(H,27,30)(H,28,31)/b9-6+/t20-,21+/m1/s1. The monoisotopic (exact) mass is 442 g/mol. The largest absolute Gasteiger partial charge is 0.351 e. The van der Waals surface area contributed by atoms with Crippen molar-refractivity contribution in [1.29, 1.82) is 0 Å². The van der Waals surface area contributed by atoms with E-state index in [0.29, 0.717) is 16.6 Å². The smallest absolute Gasteiger partial charge is 0.268 e. The van der Waals surface area contributed by atoms with E-state index in [1.165, 1.54) is 0 Å². The second kappa shape index (κ2) is 9.88. The molecular formula is C24H31ClN4O2. The Morgan fingerprint density at radius 1 is 1.06 bits per heavy atom. The molecule has 1 aliphatic carbocycles. The third-order valence-electron chi connectivity index (χ3n) is 6.52. The van der Waals surface area contributed by atoms with E-state index in [-0.39, 0.29) is 23.9 Å². The second-order valence-electron chi connectivity index (χ2n) is 8.89. The molecule has 31 heavy (non-hydrogen) atoms. The lowest BCUT2D eigenvalue weighted by Gasteiger charge is -2.32. The first-order valence-electron chi connectivity index (χ1n) is 11.2. The minimum atomic E-state index is -0.152. The quantitative estimate of drug-likeness (QED) is 0.615. The summed E-state index contributed by atoms with van der Waals surface area (Å²) in [6.07, 6.45) is 9.77. The molecule has 0 radical (unpaired) electrons. The molecule has 2 fully saturated rings. The highest BCUT2D eigenvalue weighted by Gasteiger charge is 2.28. The summed E-state index contributed by atoms with van der Waals surface area (Å²) in [7, 11) is 2.13. The van der Waals surface area contributed by atoms with Crippen LogP contribution in [0.5, 0.6) is 0 Å². The molecule has 2 amide bonds. The van der Waals surface area contributed by atoms with Crippen LogP contribution in [-0.4, -0.2) is 53.9 Å². The summed E-state index contributed by atoms with van der Waals surface area (Å²) >= 11 is 6.05. The fourth-order valence-corrected chi connectivity index (χ4v) is 4.80. The summed E-state index contributed by atoms with van der Waals surface area (Å²) in [5.41, 5.74) is 1.39. The van der Waals surface area contributed by atoms with Gasteiger partial charge in [-0.15, -0.1) is 0 Å². The highest BCUT2D eigenvalue weighted by Crippen LogP contribution is 2.22. The van der Waals surface area contributed by atoms with Crippen molar-refractivity contribution >= 4 is 34.3 Å². The van der Waals surface area contributed by atoms with E-state index in [4.69, 9.17) is 11.6 Å². The third kappa shape index (κ3) is 5.69. The maximum atomic E-state index is 12.9. The fourth-order valence-electron chi connectivity index (χ4n) is 4.62. The molecule has 1 aromatic carbocycles. The molecule has 1 saturated heterocycles. The summed E-state index contributed by atoms with van der Waals surface area (Å²) < 4.78 is 0. The normalized spacial score (nSPS) is 23.3. The van der Waals surface area contributed by atoms with Crippen molar-refractivity contribution < 1.29 is 9.59 Å². The first-order valence-corrected chi connectivity index (χ1v) is 11.6. The van der Waals surface area contributed by atoms with Crippen molar-refractivity contribution in [3.05, 3.63) is 47.1 Å². The third-order valence-corrected chi connectivity index (χ3v) is 6.76. The van der Waals surface area contributed by atoms with E-state index in [9.17, 15) is 9.59 Å². The van der Waals surface area contributed by atoms with Crippen molar-refractivity contribution in [1.82, 2.24) is 20.5 Å². The van der Waals surface area contributed by atoms with Crippen molar-refractivity contribution in [2.75, 3.05) is 20.1 Å². The molecule has 0 unspecified atom stereocenters. The van der Waals surface area contributed by atoms with Crippen LogP contribution in [0.3, 0.4) is 0 Å². The number of allylic oxidation sites excluding steroid dienone is 1. The van der Waals surface area contributed by atoms with Crippen LogP contribution in [0.25, 0.3) is 10.9 Å². The molecule has 0 bridgehead atoms. The fraction of sp³-hybridized carbons (Fsp3) is 0.500. The molecule has 7 heteroatoms. The van der Waals surface area contributed by atoms with Gasteiger partial charge >= 0.3 is 0 Å². The first-order chi connectivity index (χ1) is 15.0. The zero-order valence-corrected chi connectivity index (χ0v) is 18.8. The van der Waals surface area contributed by atoms with E-state index in [0.717, 1.165) is 62.5 Å². The summed E-state index contributed by atoms with van der Waals surface area (Å²) in [5, 5.41) is 7.81. The molecule has 2 atom stereocenters. The number of hydrogen-bond donors (Lipinski definition) is 3. The van der Waals surface area contributed by atoms with Gasteiger partial charge in [0, 0.05) is 28.0 Å². The molecule has 1 aromatic heterocycles. The van der Waals surface area contributed by atoms with Crippen LogP contribution >= 0.6 is 11.6 Å². The number of halogens is 1. The van der Waals surface area contributed by atoms with E-state index in [1.807, 2.05) is 24.3 Å². The highest BCUT2D eigenvalue weighted by atomic mass is 35.5. The molecule has 0 spiro atoms. The van der Waals surface area contributed by atoms with Crippen LogP contribution in [0, 0.1) is 5.92 Å². The zero-order chi connectivity index (χ0) is 21.8. The summed E-state index contributed by atoms with van der Waals surface area (Å²) in [6.45, 7) is 2.15. The minimum Gasteiger partial charge on any atom is -0.351 e.